The average molecular weight is 604 g/mol. The lowest BCUT2D eigenvalue weighted by atomic mass is 10.1. The number of nitrogens with one attached hydrogen (secondary N) is 1. The van der Waals surface area contributed by atoms with Gasteiger partial charge in [-0.3, -0.25) is 23.9 Å². The minimum Gasteiger partial charge on any atom is -0.339 e. The maximum absolute atomic E-state index is 13.7. The molecule has 1 aromatic heterocycles. The van der Waals surface area contributed by atoms with Crippen LogP contribution in [0.1, 0.15) is 22.3 Å². The van der Waals surface area contributed by atoms with Crippen LogP contribution in [0.15, 0.2) is 64.5 Å². The first-order valence-corrected chi connectivity index (χ1v) is 15.3. The number of benzene rings is 3. The van der Waals surface area contributed by atoms with E-state index in [1.165, 1.54) is 11.8 Å². The molecular weight excluding hydrogens is 570 g/mol. The number of anilines is 1. The number of amides is 2. The van der Waals surface area contributed by atoms with E-state index in [9.17, 15) is 14.4 Å². The lowest BCUT2D eigenvalue weighted by Crippen LogP contribution is -2.51. The van der Waals surface area contributed by atoms with Crippen molar-refractivity contribution >= 4 is 51.8 Å². The predicted molar refractivity (Wildman–Crippen MR) is 170 cm³/mol. The van der Waals surface area contributed by atoms with Crippen LogP contribution in [0.5, 0.6) is 0 Å². The highest BCUT2D eigenvalue weighted by Crippen LogP contribution is 2.26. The van der Waals surface area contributed by atoms with Crippen LogP contribution in [0.2, 0.25) is 5.02 Å². The van der Waals surface area contributed by atoms with Crippen molar-refractivity contribution in [2.24, 2.45) is 0 Å². The number of halogens is 1. The lowest BCUT2D eigenvalue weighted by Gasteiger charge is -2.34. The largest absolute Gasteiger partial charge is 0.339 e. The molecule has 0 unspecified atom stereocenters. The summed E-state index contributed by atoms with van der Waals surface area (Å²) in [5.41, 5.74) is 5.99. The Balaban J connectivity index is 1.26. The van der Waals surface area contributed by atoms with E-state index >= 15 is 0 Å². The van der Waals surface area contributed by atoms with Crippen molar-refractivity contribution in [2.75, 3.05) is 43.8 Å². The Kier molecular flexibility index (Phi) is 9.01. The molecule has 2 heterocycles. The van der Waals surface area contributed by atoms with Gasteiger partial charge in [-0.1, -0.05) is 53.7 Å². The van der Waals surface area contributed by atoms with E-state index in [2.05, 4.69) is 10.2 Å². The number of rotatable bonds is 7. The van der Waals surface area contributed by atoms with Crippen LogP contribution in [-0.4, -0.2) is 69.6 Å². The van der Waals surface area contributed by atoms with E-state index in [-0.39, 0.29) is 29.7 Å². The van der Waals surface area contributed by atoms with E-state index < -0.39 is 0 Å². The van der Waals surface area contributed by atoms with E-state index in [0.29, 0.717) is 47.3 Å². The zero-order chi connectivity index (χ0) is 30.0. The summed E-state index contributed by atoms with van der Waals surface area (Å²) in [5.74, 6) is 0.0402. The van der Waals surface area contributed by atoms with Gasteiger partial charge in [0, 0.05) is 36.9 Å². The first kappa shape index (κ1) is 29.8. The fraction of sp³-hybridized carbons (Fsp3) is 0.312. The van der Waals surface area contributed by atoms with Gasteiger partial charge in [-0.05, 0) is 74.2 Å². The van der Waals surface area contributed by atoms with Crippen molar-refractivity contribution in [2.45, 2.75) is 32.9 Å². The number of carbonyl (C=O) groups is 2. The van der Waals surface area contributed by atoms with E-state index in [1.54, 1.807) is 22.8 Å². The molecule has 4 aromatic rings. The van der Waals surface area contributed by atoms with Gasteiger partial charge in [-0.25, -0.2) is 4.98 Å². The molecule has 1 aliphatic heterocycles. The van der Waals surface area contributed by atoms with Gasteiger partial charge in [-0.15, -0.1) is 0 Å². The van der Waals surface area contributed by atoms with Crippen LogP contribution in [-0.2, 0) is 9.59 Å². The summed E-state index contributed by atoms with van der Waals surface area (Å²) in [5, 5.41) is 4.44. The van der Waals surface area contributed by atoms with Gasteiger partial charge in [0.2, 0.25) is 11.8 Å². The predicted octanol–water partition coefficient (Wildman–Crippen LogP) is 5.15. The second-order valence-corrected chi connectivity index (χ2v) is 12.1. The Bertz CT molecular complexity index is 1710. The smallest absolute Gasteiger partial charge is 0.266 e. The average Bonchev–Trinajstić information content (AvgIpc) is 2.96. The Morgan fingerprint density at radius 3 is 2.31 bits per heavy atom. The third-order valence-corrected chi connectivity index (χ3v) is 8.94. The maximum Gasteiger partial charge on any atom is 0.266 e. The van der Waals surface area contributed by atoms with Gasteiger partial charge in [-0.2, -0.15) is 0 Å². The molecule has 218 valence electrons. The normalized spacial score (nSPS) is 13.9. The first-order valence-electron chi connectivity index (χ1n) is 13.9. The first-order chi connectivity index (χ1) is 20.1. The molecule has 0 radical (unpaired) electrons. The molecule has 1 saturated heterocycles. The third-order valence-electron chi connectivity index (χ3n) is 7.78. The Morgan fingerprint density at radius 1 is 0.929 bits per heavy atom. The highest BCUT2D eigenvalue weighted by molar-refractivity contribution is 7.99. The molecule has 42 heavy (non-hydrogen) atoms. The van der Waals surface area contributed by atoms with Crippen LogP contribution in [0.25, 0.3) is 16.6 Å². The fourth-order valence-corrected chi connectivity index (χ4v) is 6.27. The van der Waals surface area contributed by atoms with E-state index in [4.69, 9.17) is 16.6 Å². The number of piperazine rings is 1. The monoisotopic (exact) mass is 603 g/mol. The van der Waals surface area contributed by atoms with Gasteiger partial charge in [0.25, 0.3) is 5.56 Å². The Morgan fingerprint density at radius 2 is 1.60 bits per heavy atom. The van der Waals surface area contributed by atoms with Crippen LogP contribution < -0.4 is 10.9 Å². The topological polar surface area (TPSA) is 87.5 Å². The van der Waals surface area contributed by atoms with Crippen LogP contribution >= 0.6 is 23.4 Å². The van der Waals surface area contributed by atoms with Crippen molar-refractivity contribution in [3.63, 3.8) is 0 Å². The standard InChI is InChI=1S/C32H34ClN5O3S/c1-20-7-6-10-27(23(20)4)38-31(41)25-12-11-24(33)17-26(25)34-32(38)42-19-29(40)37-15-13-36(14-16-37)18-28(39)35-30-21(2)8-5-9-22(30)3/h5-12,17H,13-16,18-19H2,1-4H3,(H,35,39). The quantitative estimate of drug-likeness (QED) is 0.232. The lowest BCUT2D eigenvalue weighted by molar-refractivity contribution is -0.130. The van der Waals surface area contributed by atoms with Crippen LogP contribution in [0.4, 0.5) is 5.69 Å². The molecule has 2 amide bonds. The van der Waals surface area contributed by atoms with Gasteiger partial charge < -0.3 is 10.2 Å². The number of aryl methyl sites for hydroxylation is 3. The molecule has 0 saturated carbocycles. The summed E-state index contributed by atoms with van der Waals surface area (Å²) in [6, 6.07) is 16.8. The highest BCUT2D eigenvalue weighted by atomic mass is 35.5. The van der Waals surface area contributed by atoms with Crippen molar-refractivity contribution in [1.82, 2.24) is 19.4 Å². The molecule has 8 nitrogen and oxygen atoms in total. The molecule has 0 spiro atoms. The summed E-state index contributed by atoms with van der Waals surface area (Å²) in [4.78, 5) is 48.3. The van der Waals surface area contributed by atoms with Gasteiger partial charge in [0.15, 0.2) is 5.16 Å². The summed E-state index contributed by atoms with van der Waals surface area (Å²) in [6.45, 7) is 10.5. The Labute approximate surface area is 254 Å². The molecule has 5 rings (SSSR count). The number of thioether (sulfide) groups is 1. The molecule has 0 atom stereocenters. The molecular formula is C32H34ClN5O3S. The number of para-hydroxylation sites is 1. The van der Waals surface area contributed by atoms with Crippen LogP contribution in [0, 0.1) is 27.7 Å². The molecule has 3 aromatic carbocycles. The third kappa shape index (κ3) is 6.38. The Hall–Kier alpha value is -3.66. The number of hydrogen-bond acceptors (Lipinski definition) is 6. The minimum atomic E-state index is -0.201. The van der Waals surface area contributed by atoms with E-state index in [0.717, 1.165) is 33.6 Å². The molecule has 1 aliphatic rings. The van der Waals surface area contributed by atoms with Crippen LogP contribution in [0.3, 0.4) is 0 Å². The number of hydrogen-bond donors (Lipinski definition) is 1. The summed E-state index contributed by atoms with van der Waals surface area (Å²) in [6.07, 6.45) is 0. The zero-order valence-corrected chi connectivity index (χ0v) is 25.8. The number of nitrogens with zero attached hydrogens (tertiary/aromatic N) is 4. The van der Waals surface area contributed by atoms with E-state index in [1.807, 2.05) is 69.0 Å². The molecule has 0 bridgehead atoms. The number of carbonyl (C=O) groups excluding carboxylic acids is 2. The molecule has 1 fully saturated rings. The van der Waals surface area contributed by atoms with Crippen molar-refractivity contribution < 1.29 is 9.59 Å². The zero-order valence-electron chi connectivity index (χ0n) is 24.2. The minimum absolute atomic E-state index is 0.0346. The van der Waals surface area contributed by atoms with Crippen molar-refractivity contribution in [3.8, 4) is 5.69 Å². The SMILES string of the molecule is Cc1cccc(-n2c(SCC(=O)N3CCN(CC(=O)Nc4c(C)cccc4C)CC3)nc3cc(Cl)ccc3c2=O)c1C. The van der Waals surface area contributed by atoms with Crippen molar-refractivity contribution in [1.29, 1.82) is 0 Å². The number of aromatic nitrogens is 2. The maximum atomic E-state index is 13.7. The molecule has 0 aliphatic carbocycles. The van der Waals surface area contributed by atoms with Gasteiger partial charge in [0.05, 0.1) is 28.9 Å². The summed E-state index contributed by atoms with van der Waals surface area (Å²) in [7, 11) is 0. The second kappa shape index (κ2) is 12.7. The number of fused-ring (bicyclic) bond motifs is 1. The van der Waals surface area contributed by atoms with Gasteiger partial charge in [0.1, 0.15) is 0 Å². The molecule has 10 heteroatoms. The summed E-state index contributed by atoms with van der Waals surface area (Å²) >= 11 is 7.46. The fourth-order valence-electron chi connectivity index (χ4n) is 5.19. The molecule has 1 N–H and O–H groups in total. The highest BCUT2D eigenvalue weighted by Gasteiger charge is 2.24. The van der Waals surface area contributed by atoms with Gasteiger partial charge >= 0.3 is 0 Å². The van der Waals surface area contributed by atoms with Crippen molar-refractivity contribution in [3.05, 3.63) is 92.2 Å². The second-order valence-electron chi connectivity index (χ2n) is 10.7. The summed E-state index contributed by atoms with van der Waals surface area (Å²) < 4.78 is 1.60.